The summed E-state index contributed by atoms with van der Waals surface area (Å²) in [6.45, 7) is 4.52. The number of hydrogen-bond acceptors (Lipinski definition) is 4. The molecule has 0 N–H and O–H groups in total. The third-order valence-corrected chi connectivity index (χ3v) is 8.25. The third kappa shape index (κ3) is 21.5. The fourth-order valence-corrected chi connectivity index (χ4v) is 5.58. The molecular formula is C36H63NO4. The molecule has 1 rings (SSSR count). The number of carbonyl (C=O) groups excluding carboxylic acids is 1. The predicted octanol–water partition coefficient (Wildman–Crippen LogP) is 12.2. The van der Waals surface area contributed by atoms with Crippen LogP contribution in [0.2, 0.25) is 0 Å². The summed E-state index contributed by atoms with van der Waals surface area (Å²) in [6.07, 6.45) is 33.1. The lowest BCUT2D eigenvalue weighted by Crippen LogP contribution is -2.09. The molecule has 0 aliphatic carbocycles. The molecule has 1 aromatic rings. The van der Waals surface area contributed by atoms with E-state index in [0.717, 1.165) is 37.7 Å². The van der Waals surface area contributed by atoms with Gasteiger partial charge in [0, 0.05) is 12.5 Å². The normalized spacial score (nSPS) is 11.2. The zero-order valence-corrected chi connectivity index (χ0v) is 26.9. The minimum Gasteiger partial charge on any atom is -0.419 e. The number of aryl methyl sites for hydroxylation is 1. The Morgan fingerprint density at radius 3 is 1.41 bits per heavy atom. The second-order valence-corrected chi connectivity index (χ2v) is 12.2. The highest BCUT2D eigenvalue weighted by Crippen LogP contribution is 2.29. The quantitative estimate of drug-likeness (QED) is 0.0314. The maximum Gasteiger partial charge on any atom is 0.311 e. The van der Waals surface area contributed by atoms with E-state index in [1.54, 1.807) is 12.1 Å². The monoisotopic (exact) mass is 573 g/mol. The fraction of sp³-hybridized carbons (Fsp3) is 0.806. The first-order chi connectivity index (χ1) is 20.1. The number of nitro groups is 1. The van der Waals surface area contributed by atoms with Gasteiger partial charge < -0.3 is 4.74 Å². The lowest BCUT2D eigenvalue weighted by Gasteiger charge is -2.08. The first-order valence-corrected chi connectivity index (χ1v) is 17.6. The van der Waals surface area contributed by atoms with Crippen LogP contribution in [0.3, 0.4) is 0 Å². The van der Waals surface area contributed by atoms with Crippen molar-refractivity contribution in [2.45, 2.75) is 187 Å². The highest BCUT2D eigenvalue weighted by atomic mass is 16.6. The number of nitro benzene ring substituents is 1. The summed E-state index contributed by atoms with van der Waals surface area (Å²) < 4.78 is 5.49. The molecule has 0 amide bonds. The predicted molar refractivity (Wildman–Crippen MR) is 174 cm³/mol. The molecular weight excluding hydrogens is 510 g/mol. The zero-order chi connectivity index (χ0) is 29.8. The van der Waals surface area contributed by atoms with E-state index >= 15 is 0 Å². The van der Waals surface area contributed by atoms with Gasteiger partial charge in [0.25, 0.3) is 0 Å². The van der Waals surface area contributed by atoms with Crippen molar-refractivity contribution in [2.24, 2.45) is 0 Å². The van der Waals surface area contributed by atoms with Crippen LogP contribution in [-0.2, 0) is 11.2 Å². The van der Waals surface area contributed by atoms with E-state index < -0.39 is 4.92 Å². The van der Waals surface area contributed by atoms with Gasteiger partial charge in [-0.1, -0.05) is 168 Å². The number of esters is 1. The summed E-state index contributed by atoms with van der Waals surface area (Å²) in [6, 6.07) is 5.00. The van der Waals surface area contributed by atoms with Crippen molar-refractivity contribution in [2.75, 3.05) is 0 Å². The van der Waals surface area contributed by atoms with Gasteiger partial charge in [-0.15, -0.1) is 0 Å². The zero-order valence-electron chi connectivity index (χ0n) is 26.9. The highest BCUT2D eigenvalue weighted by molar-refractivity contribution is 5.74. The molecule has 41 heavy (non-hydrogen) atoms. The molecule has 0 radical (unpaired) electrons. The van der Waals surface area contributed by atoms with Crippen LogP contribution in [0.5, 0.6) is 5.75 Å². The molecule has 0 aliphatic rings. The SMILES string of the molecule is CCCCCCCCCCCCCCCc1ccc([N+](=O)[O-])c(OC(=O)CCCCCCCCCCCCCC)c1. The van der Waals surface area contributed by atoms with Crippen LogP contribution in [0.25, 0.3) is 0 Å². The number of ether oxygens (including phenoxy) is 1. The maximum absolute atomic E-state index is 12.4. The van der Waals surface area contributed by atoms with Gasteiger partial charge in [-0.2, -0.15) is 0 Å². The summed E-state index contributed by atoms with van der Waals surface area (Å²) in [7, 11) is 0. The molecule has 0 atom stereocenters. The van der Waals surface area contributed by atoms with E-state index in [-0.39, 0.29) is 17.4 Å². The molecule has 5 nitrogen and oxygen atoms in total. The van der Waals surface area contributed by atoms with E-state index in [1.165, 1.54) is 141 Å². The number of benzene rings is 1. The van der Waals surface area contributed by atoms with Gasteiger partial charge in [0.2, 0.25) is 5.75 Å². The summed E-state index contributed by atoms with van der Waals surface area (Å²) >= 11 is 0. The highest BCUT2D eigenvalue weighted by Gasteiger charge is 2.18. The summed E-state index contributed by atoms with van der Waals surface area (Å²) in [5.74, 6) is -0.260. The van der Waals surface area contributed by atoms with Gasteiger partial charge in [0.1, 0.15) is 0 Å². The molecule has 0 aliphatic heterocycles. The minimum atomic E-state index is -0.457. The Morgan fingerprint density at radius 1 is 0.610 bits per heavy atom. The average Bonchev–Trinajstić information content (AvgIpc) is 2.96. The molecule has 0 spiro atoms. The van der Waals surface area contributed by atoms with Crippen molar-refractivity contribution < 1.29 is 14.5 Å². The molecule has 236 valence electrons. The lowest BCUT2D eigenvalue weighted by molar-refractivity contribution is -0.385. The van der Waals surface area contributed by atoms with E-state index in [0.29, 0.717) is 6.42 Å². The molecule has 0 heterocycles. The summed E-state index contributed by atoms with van der Waals surface area (Å²) in [5.41, 5.74) is 0.883. The molecule has 0 bridgehead atoms. The van der Waals surface area contributed by atoms with Crippen molar-refractivity contribution >= 4 is 11.7 Å². The fourth-order valence-electron chi connectivity index (χ4n) is 5.58. The summed E-state index contributed by atoms with van der Waals surface area (Å²) in [4.78, 5) is 23.5. The molecule has 0 fully saturated rings. The van der Waals surface area contributed by atoms with Crippen LogP contribution in [0.1, 0.15) is 186 Å². The van der Waals surface area contributed by atoms with Gasteiger partial charge in [0.05, 0.1) is 4.92 Å². The molecule has 1 aromatic carbocycles. The number of hydrogen-bond donors (Lipinski definition) is 0. The van der Waals surface area contributed by atoms with Crippen LogP contribution in [0.15, 0.2) is 18.2 Å². The van der Waals surface area contributed by atoms with Crippen LogP contribution in [0, 0.1) is 10.1 Å². The Morgan fingerprint density at radius 2 is 1.00 bits per heavy atom. The average molecular weight is 574 g/mol. The van der Waals surface area contributed by atoms with Crippen LogP contribution >= 0.6 is 0 Å². The Balaban J connectivity index is 2.17. The minimum absolute atomic E-state index is 0.103. The first-order valence-electron chi connectivity index (χ1n) is 17.6. The Bertz CT molecular complexity index is 779. The first kappa shape index (κ1) is 37.1. The number of unbranched alkanes of at least 4 members (excludes halogenated alkanes) is 23. The topological polar surface area (TPSA) is 69.4 Å². The van der Waals surface area contributed by atoms with Crippen molar-refractivity contribution in [1.29, 1.82) is 0 Å². The van der Waals surface area contributed by atoms with E-state index in [2.05, 4.69) is 13.8 Å². The largest absolute Gasteiger partial charge is 0.419 e. The van der Waals surface area contributed by atoms with Crippen molar-refractivity contribution in [3.05, 3.63) is 33.9 Å². The van der Waals surface area contributed by atoms with E-state index in [1.807, 2.05) is 0 Å². The van der Waals surface area contributed by atoms with Gasteiger partial charge in [0.15, 0.2) is 0 Å². The number of nitrogens with zero attached hydrogens (tertiary/aromatic N) is 1. The summed E-state index contributed by atoms with van der Waals surface area (Å²) in [5, 5.41) is 11.5. The van der Waals surface area contributed by atoms with Crippen molar-refractivity contribution in [3.8, 4) is 5.75 Å². The second kappa shape index (κ2) is 27.0. The Hall–Kier alpha value is -1.91. The van der Waals surface area contributed by atoms with E-state index in [4.69, 9.17) is 4.74 Å². The molecule has 0 aromatic heterocycles. The Kier molecular flexibility index (Phi) is 24.4. The van der Waals surface area contributed by atoms with Crippen LogP contribution in [-0.4, -0.2) is 10.9 Å². The Labute approximate surface area is 252 Å². The second-order valence-electron chi connectivity index (χ2n) is 12.2. The van der Waals surface area contributed by atoms with Crippen LogP contribution < -0.4 is 4.74 Å². The smallest absolute Gasteiger partial charge is 0.311 e. The molecule has 0 saturated heterocycles. The van der Waals surface area contributed by atoms with Gasteiger partial charge in [-0.25, -0.2) is 0 Å². The van der Waals surface area contributed by atoms with E-state index in [9.17, 15) is 14.9 Å². The van der Waals surface area contributed by atoms with Gasteiger partial charge >= 0.3 is 11.7 Å². The standard InChI is InChI=1S/C36H63NO4/c1-3-5-7-9-11-13-15-17-18-20-22-24-26-28-33-30-31-34(37(39)40)35(32-33)41-36(38)29-27-25-23-21-19-16-14-12-10-8-6-4-2/h30-32H,3-29H2,1-2H3. The van der Waals surface area contributed by atoms with Gasteiger partial charge in [-0.3, -0.25) is 14.9 Å². The van der Waals surface area contributed by atoms with Crippen molar-refractivity contribution in [3.63, 3.8) is 0 Å². The molecule has 5 heteroatoms. The third-order valence-electron chi connectivity index (χ3n) is 8.25. The number of carbonyl (C=O) groups is 1. The lowest BCUT2D eigenvalue weighted by atomic mass is 10.0. The van der Waals surface area contributed by atoms with Crippen LogP contribution in [0.4, 0.5) is 5.69 Å². The molecule has 0 unspecified atom stereocenters. The maximum atomic E-state index is 12.4. The number of rotatable bonds is 29. The van der Waals surface area contributed by atoms with Gasteiger partial charge in [-0.05, 0) is 30.9 Å². The molecule has 0 saturated carbocycles. The van der Waals surface area contributed by atoms with Crippen molar-refractivity contribution in [1.82, 2.24) is 0 Å².